The van der Waals surface area contributed by atoms with E-state index >= 15 is 0 Å². The van der Waals surface area contributed by atoms with E-state index in [2.05, 4.69) is 43.0 Å². The topological polar surface area (TPSA) is 54.9 Å². The van der Waals surface area contributed by atoms with Gasteiger partial charge >= 0.3 is 0 Å². The fourth-order valence-corrected chi connectivity index (χ4v) is 5.59. The average molecular weight is 378 g/mol. The Hall–Kier alpha value is -1.14. The van der Waals surface area contributed by atoms with Crippen LogP contribution < -0.4 is 5.32 Å². The monoisotopic (exact) mass is 377 g/mol. The van der Waals surface area contributed by atoms with E-state index in [-0.39, 0.29) is 11.2 Å². The van der Waals surface area contributed by atoms with Crippen molar-refractivity contribution in [1.29, 1.82) is 0 Å². The lowest BCUT2D eigenvalue weighted by Gasteiger charge is -2.35. The fraction of sp³-hybridized carbons (Fsp3) is 0.632. The van der Waals surface area contributed by atoms with Gasteiger partial charge in [-0.3, -0.25) is 4.79 Å². The number of amides is 1. The number of hydrogen-bond acceptors (Lipinski definition) is 5. The SMILES string of the molecule is Cc1sc2ncnc(S[C@H](C)C(=O)N[C@H]3CCC[C@H](C)[C@@H]3C)c2c1C. The van der Waals surface area contributed by atoms with Gasteiger partial charge in [-0.1, -0.05) is 38.5 Å². The minimum Gasteiger partial charge on any atom is -0.352 e. The summed E-state index contributed by atoms with van der Waals surface area (Å²) in [5.74, 6) is 1.34. The molecule has 2 aromatic rings. The number of fused-ring (bicyclic) bond motifs is 1. The molecule has 4 atom stereocenters. The van der Waals surface area contributed by atoms with Gasteiger partial charge in [-0.15, -0.1) is 11.3 Å². The number of nitrogens with one attached hydrogen (secondary N) is 1. The molecule has 4 nitrogen and oxygen atoms in total. The van der Waals surface area contributed by atoms with E-state index in [1.54, 1.807) is 29.4 Å². The van der Waals surface area contributed by atoms with E-state index in [9.17, 15) is 4.79 Å². The number of carbonyl (C=O) groups excluding carboxylic acids is 1. The molecule has 1 fully saturated rings. The molecule has 1 aliphatic rings. The highest BCUT2D eigenvalue weighted by Crippen LogP contribution is 2.36. The largest absolute Gasteiger partial charge is 0.352 e. The van der Waals surface area contributed by atoms with Crippen molar-refractivity contribution in [3.05, 3.63) is 16.8 Å². The van der Waals surface area contributed by atoms with E-state index in [0.717, 1.165) is 21.7 Å². The molecule has 2 heterocycles. The van der Waals surface area contributed by atoms with Gasteiger partial charge in [0.25, 0.3) is 0 Å². The van der Waals surface area contributed by atoms with E-state index in [4.69, 9.17) is 0 Å². The van der Waals surface area contributed by atoms with Crippen LogP contribution in [0.3, 0.4) is 0 Å². The zero-order valence-corrected chi connectivity index (χ0v) is 17.3. The van der Waals surface area contributed by atoms with Crippen LogP contribution in [0.15, 0.2) is 11.4 Å². The van der Waals surface area contributed by atoms with Gasteiger partial charge in [-0.2, -0.15) is 0 Å². The summed E-state index contributed by atoms with van der Waals surface area (Å²) in [5.41, 5.74) is 1.23. The molecule has 0 radical (unpaired) electrons. The van der Waals surface area contributed by atoms with Crippen LogP contribution >= 0.6 is 23.1 Å². The Bertz CT molecular complexity index is 773. The van der Waals surface area contributed by atoms with Gasteiger partial charge < -0.3 is 5.32 Å². The lowest BCUT2D eigenvalue weighted by Crippen LogP contribution is -2.46. The molecule has 1 aliphatic carbocycles. The Labute approximate surface area is 158 Å². The zero-order chi connectivity index (χ0) is 18.1. The van der Waals surface area contributed by atoms with Crippen molar-refractivity contribution >= 4 is 39.2 Å². The van der Waals surface area contributed by atoms with Crippen LogP contribution in [0, 0.1) is 25.7 Å². The molecular formula is C19H27N3OS2. The Kier molecular flexibility index (Phi) is 5.68. The summed E-state index contributed by atoms with van der Waals surface area (Å²) in [7, 11) is 0. The van der Waals surface area contributed by atoms with Gasteiger partial charge in [0.15, 0.2) is 0 Å². The van der Waals surface area contributed by atoms with Gasteiger partial charge in [-0.05, 0) is 44.6 Å². The first-order valence-electron chi connectivity index (χ1n) is 9.06. The van der Waals surface area contributed by atoms with Gasteiger partial charge in [0, 0.05) is 16.3 Å². The third kappa shape index (κ3) is 3.85. The second-order valence-corrected chi connectivity index (χ2v) is 9.82. The zero-order valence-electron chi connectivity index (χ0n) is 15.6. The molecule has 1 amide bonds. The molecule has 0 spiro atoms. The number of thioether (sulfide) groups is 1. The molecule has 0 aromatic carbocycles. The van der Waals surface area contributed by atoms with Gasteiger partial charge in [0.1, 0.15) is 16.2 Å². The van der Waals surface area contributed by atoms with E-state index in [1.165, 1.54) is 23.3 Å². The van der Waals surface area contributed by atoms with Gasteiger partial charge in [0.05, 0.1) is 5.25 Å². The maximum atomic E-state index is 12.7. The number of aromatic nitrogens is 2. The first kappa shape index (κ1) is 18.6. The van der Waals surface area contributed by atoms with Crippen LogP contribution in [0.5, 0.6) is 0 Å². The second-order valence-electron chi connectivity index (χ2n) is 7.28. The highest BCUT2D eigenvalue weighted by atomic mass is 32.2. The minimum absolute atomic E-state index is 0.118. The third-order valence-corrected chi connectivity index (χ3v) is 7.84. The predicted octanol–water partition coefficient (Wildman–Crippen LogP) is 4.73. The Balaban J connectivity index is 1.72. The number of thiophene rings is 1. The number of carbonyl (C=O) groups is 1. The van der Waals surface area contributed by atoms with Crippen molar-refractivity contribution in [2.45, 2.75) is 70.2 Å². The number of nitrogens with zero attached hydrogens (tertiary/aromatic N) is 2. The van der Waals surface area contributed by atoms with Crippen LogP contribution in [0.25, 0.3) is 10.2 Å². The highest BCUT2D eigenvalue weighted by Gasteiger charge is 2.29. The van der Waals surface area contributed by atoms with E-state index in [1.807, 2.05) is 6.92 Å². The maximum Gasteiger partial charge on any atom is 0.233 e. The number of rotatable bonds is 4. The molecule has 25 heavy (non-hydrogen) atoms. The van der Waals surface area contributed by atoms with Crippen LogP contribution in [0.2, 0.25) is 0 Å². The molecule has 1 saturated carbocycles. The third-order valence-electron chi connectivity index (χ3n) is 5.62. The predicted molar refractivity (Wildman–Crippen MR) is 106 cm³/mol. The van der Waals surface area contributed by atoms with Crippen molar-refractivity contribution < 1.29 is 4.79 Å². The Morgan fingerprint density at radius 1 is 1.32 bits per heavy atom. The number of hydrogen-bond donors (Lipinski definition) is 1. The van der Waals surface area contributed by atoms with Gasteiger partial charge in [0.2, 0.25) is 5.91 Å². The van der Waals surface area contributed by atoms with Crippen LogP contribution in [0.1, 0.15) is 50.5 Å². The van der Waals surface area contributed by atoms with Gasteiger partial charge in [-0.25, -0.2) is 9.97 Å². The summed E-state index contributed by atoms with van der Waals surface area (Å²) < 4.78 is 0. The van der Waals surface area contributed by atoms with E-state index in [0.29, 0.717) is 17.9 Å². The lowest BCUT2D eigenvalue weighted by molar-refractivity contribution is -0.121. The molecule has 3 rings (SSSR count). The molecular weight excluding hydrogens is 350 g/mol. The van der Waals surface area contributed by atoms with Crippen molar-refractivity contribution in [1.82, 2.24) is 15.3 Å². The summed E-state index contributed by atoms with van der Waals surface area (Å²) >= 11 is 3.24. The molecule has 0 saturated heterocycles. The second kappa shape index (κ2) is 7.62. The number of aryl methyl sites for hydroxylation is 2. The summed E-state index contributed by atoms with van der Waals surface area (Å²) in [6.45, 7) is 10.7. The first-order valence-corrected chi connectivity index (χ1v) is 10.8. The van der Waals surface area contributed by atoms with Crippen molar-refractivity contribution in [2.75, 3.05) is 0 Å². The molecule has 0 unspecified atom stereocenters. The Morgan fingerprint density at radius 3 is 2.84 bits per heavy atom. The maximum absolute atomic E-state index is 12.7. The molecule has 0 aliphatic heterocycles. The molecule has 136 valence electrons. The van der Waals surface area contributed by atoms with Crippen LogP contribution in [0.4, 0.5) is 0 Å². The van der Waals surface area contributed by atoms with Crippen LogP contribution in [-0.2, 0) is 4.79 Å². The first-order chi connectivity index (χ1) is 11.9. The summed E-state index contributed by atoms with van der Waals surface area (Å²) in [6.07, 6.45) is 5.18. The van der Waals surface area contributed by atoms with E-state index < -0.39 is 0 Å². The standard InChI is InChI=1S/C19H27N3OS2/c1-10-7-6-8-15(11(10)2)22-17(23)14(5)25-19-16-12(3)13(4)24-18(16)20-9-21-19/h9-11,14-15H,6-8H2,1-5H3,(H,22,23)/t10-,11-,14+,15-/m0/s1. The molecule has 0 bridgehead atoms. The summed E-state index contributed by atoms with van der Waals surface area (Å²) in [5, 5.41) is 5.14. The smallest absolute Gasteiger partial charge is 0.233 e. The molecule has 1 N–H and O–H groups in total. The average Bonchev–Trinajstić information content (AvgIpc) is 2.87. The molecule has 6 heteroatoms. The summed E-state index contributed by atoms with van der Waals surface area (Å²) in [6, 6.07) is 0.301. The normalized spacial score (nSPS) is 25.1. The highest BCUT2D eigenvalue weighted by molar-refractivity contribution is 8.00. The molecule has 2 aromatic heterocycles. The lowest BCUT2D eigenvalue weighted by atomic mass is 9.78. The fourth-order valence-electron chi connectivity index (χ4n) is 3.55. The van der Waals surface area contributed by atoms with Crippen molar-refractivity contribution in [3.8, 4) is 0 Å². The van der Waals surface area contributed by atoms with Crippen molar-refractivity contribution in [3.63, 3.8) is 0 Å². The van der Waals surface area contributed by atoms with Crippen molar-refractivity contribution in [2.24, 2.45) is 11.8 Å². The minimum atomic E-state index is -0.165. The quantitative estimate of drug-likeness (QED) is 0.618. The Morgan fingerprint density at radius 2 is 2.08 bits per heavy atom. The summed E-state index contributed by atoms with van der Waals surface area (Å²) in [4.78, 5) is 23.8. The van der Waals surface area contributed by atoms with Crippen LogP contribution in [-0.4, -0.2) is 27.2 Å².